The number of ketones is 2. The molecule has 1 aliphatic rings. The molecule has 0 saturated carbocycles. The molecule has 0 heterocycles. The second kappa shape index (κ2) is 5.16. The fraction of sp³-hybridized carbons (Fsp3) is 0.176. The van der Waals surface area contributed by atoms with Crippen LogP contribution in [0.2, 0.25) is 0 Å². The van der Waals surface area contributed by atoms with E-state index in [0.717, 1.165) is 6.07 Å². The van der Waals surface area contributed by atoms with E-state index in [2.05, 4.69) is 0 Å². The molecule has 0 spiro atoms. The summed E-state index contributed by atoms with van der Waals surface area (Å²) < 4.78 is 9.96. The molecule has 0 saturated heterocycles. The van der Waals surface area contributed by atoms with Gasteiger partial charge in [-0.25, -0.2) is 0 Å². The third kappa shape index (κ3) is 1.84. The molecule has 0 fully saturated rings. The van der Waals surface area contributed by atoms with Crippen molar-refractivity contribution in [3.05, 3.63) is 39.9 Å². The summed E-state index contributed by atoms with van der Waals surface area (Å²) in [6.45, 7) is 1.56. The molecule has 0 bridgehead atoms. The van der Waals surface area contributed by atoms with Gasteiger partial charge in [-0.2, -0.15) is 0 Å². The Hall–Kier alpha value is -3.22. The highest BCUT2D eigenvalue weighted by atomic mass is 16.5. The minimum atomic E-state index is -0.706. The van der Waals surface area contributed by atoms with Crippen molar-refractivity contribution in [3.63, 3.8) is 0 Å². The number of carbonyl (C=O) groups excluding carboxylic acids is 2. The summed E-state index contributed by atoms with van der Waals surface area (Å²) in [5.41, 5.74) is -0.193. The van der Waals surface area contributed by atoms with Crippen LogP contribution in [0.1, 0.15) is 37.4 Å². The summed E-state index contributed by atoms with van der Waals surface area (Å²) in [7, 11) is 2.47. The van der Waals surface area contributed by atoms with Gasteiger partial charge in [-0.05, 0) is 24.6 Å². The predicted octanol–water partition coefficient (Wildman–Crippen LogP) is 1.90. The van der Waals surface area contributed by atoms with Gasteiger partial charge in [-0.1, -0.05) is 0 Å². The lowest BCUT2D eigenvalue weighted by atomic mass is 9.81. The van der Waals surface area contributed by atoms with E-state index in [9.17, 15) is 24.9 Å². The highest BCUT2D eigenvalue weighted by Gasteiger charge is 2.38. The second-order valence-corrected chi connectivity index (χ2v) is 5.36. The Morgan fingerprint density at radius 1 is 0.792 bits per heavy atom. The van der Waals surface area contributed by atoms with Crippen molar-refractivity contribution >= 4 is 11.6 Å². The number of hydrogen-bond acceptors (Lipinski definition) is 7. The molecule has 3 rings (SSSR count). The standard InChI is InChI=1S/C17H14O7/c1-6-4-7-11(17(24-3)12(6)19)14(21)10-8(13(7)20)5-9(18)16(23-2)15(10)22/h4-5,18-19,22H,1-3H3. The summed E-state index contributed by atoms with van der Waals surface area (Å²) in [5, 5.41) is 30.2. The lowest BCUT2D eigenvalue weighted by Crippen LogP contribution is -2.22. The summed E-state index contributed by atoms with van der Waals surface area (Å²) in [6.07, 6.45) is 0. The van der Waals surface area contributed by atoms with Gasteiger partial charge in [0.15, 0.2) is 28.8 Å². The number of phenols is 3. The molecule has 0 radical (unpaired) electrons. The Morgan fingerprint density at radius 3 is 1.96 bits per heavy atom. The van der Waals surface area contributed by atoms with Crippen LogP contribution in [-0.2, 0) is 0 Å². The maximum atomic E-state index is 12.9. The van der Waals surface area contributed by atoms with Gasteiger partial charge in [0.25, 0.3) is 0 Å². The van der Waals surface area contributed by atoms with Crippen LogP contribution in [0.4, 0.5) is 0 Å². The van der Waals surface area contributed by atoms with Gasteiger partial charge in [0.1, 0.15) is 0 Å². The van der Waals surface area contributed by atoms with Gasteiger partial charge < -0.3 is 24.8 Å². The molecule has 1 aliphatic carbocycles. The summed E-state index contributed by atoms with van der Waals surface area (Å²) in [4.78, 5) is 25.6. The van der Waals surface area contributed by atoms with E-state index in [0.29, 0.717) is 5.56 Å². The number of phenolic OH excluding ortho intramolecular Hbond substituents is 3. The molecule has 7 heteroatoms. The maximum Gasteiger partial charge on any atom is 0.203 e. The average molecular weight is 330 g/mol. The number of aromatic hydroxyl groups is 3. The Morgan fingerprint density at radius 2 is 1.38 bits per heavy atom. The van der Waals surface area contributed by atoms with Gasteiger partial charge >= 0.3 is 0 Å². The first-order valence-electron chi connectivity index (χ1n) is 6.96. The molecule has 2 aromatic rings. The fourth-order valence-electron chi connectivity index (χ4n) is 2.90. The first-order valence-corrected chi connectivity index (χ1v) is 6.96. The van der Waals surface area contributed by atoms with Crippen molar-refractivity contribution in [2.24, 2.45) is 0 Å². The van der Waals surface area contributed by atoms with Crippen molar-refractivity contribution in [1.82, 2.24) is 0 Å². The van der Waals surface area contributed by atoms with E-state index >= 15 is 0 Å². The summed E-state index contributed by atoms with van der Waals surface area (Å²) >= 11 is 0. The molecule has 0 aromatic heterocycles. The lowest BCUT2D eigenvalue weighted by Gasteiger charge is -2.23. The number of carbonyl (C=O) groups is 2. The zero-order valence-electron chi connectivity index (χ0n) is 13.1. The number of methoxy groups -OCH3 is 2. The SMILES string of the molecule is COc1c(O)cc2c(c1O)C(=O)c1c(cc(C)c(O)c1OC)C2=O. The molecular weight excluding hydrogens is 316 g/mol. The minimum absolute atomic E-state index is 0.0311. The Kier molecular flexibility index (Phi) is 3.37. The first-order chi connectivity index (χ1) is 11.3. The second-order valence-electron chi connectivity index (χ2n) is 5.36. The van der Waals surface area contributed by atoms with E-state index in [1.807, 2.05) is 0 Å². The molecule has 24 heavy (non-hydrogen) atoms. The number of rotatable bonds is 2. The van der Waals surface area contributed by atoms with Crippen LogP contribution in [0.15, 0.2) is 12.1 Å². The van der Waals surface area contributed by atoms with Gasteiger partial charge in [-0.15, -0.1) is 0 Å². The average Bonchev–Trinajstić information content (AvgIpc) is 2.54. The zero-order chi connectivity index (χ0) is 17.8. The lowest BCUT2D eigenvalue weighted by molar-refractivity contribution is 0.0972. The van der Waals surface area contributed by atoms with Crippen LogP contribution in [0.3, 0.4) is 0 Å². The van der Waals surface area contributed by atoms with Gasteiger partial charge in [-0.3, -0.25) is 9.59 Å². The smallest absolute Gasteiger partial charge is 0.203 e. The Bertz CT molecular complexity index is 912. The van der Waals surface area contributed by atoms with Crippen LogP contribution < -0.4 is 9.47 Å². The molecule has 124 valence electrons. The normalized spacial score (nSPS) is 12.6. The number of hydrogen-bond donors (Lipinski definition) is 3. The predicted molar refractivity (Wildman–Crippen MR) is 82.6 cm³/mol. The Balaban J connectivity index is 2.41. The van der Waals surface area contributed by atoms with Gasteiger partial charge in [0.05, 0.1) is 25.3 Å². The summed E-state index contributed by atoms with van der Waals surface area (Å²) in [5.74, 6) is -3.09. The largest absolute Gasteiger partial charge is 0.504 e. The van der Waals surface area contributed by atoms with E-state index in [1.54, 1.807) is 6.92 Å². The van der Waals surface area contributed by atoms with Crippen LogP contribution in [-0.4, -0.2) is 41.1 Å². The molecule has 0 aliphatic heterocycles. The molecule has 0 unspecified atom stereocenters. The number of fused-ring (bicyclic) bond motifs is 2. The van der Waals surface area contributed by atoms with Gasteiger partial charge in [0.2, 0.25) is 11.5 Å². The molecule has 3 N–H and O–H groups in total. The van der Waals surface area contributed by atoms with E-state index < -0.39 is 23.1 Å². The monoisotopic (exact) mass is 330 g/mol. The van der Waals surface area contributed by atoms with E-state index in [-0.39, 0.29) is 39.5 Å². The fourth-order valence-corrected chi connectivity index (χ4v) is 2.90. The maximum absolute atomic E-state index is 12.9. The van der Waals surface area contributed by atoms with Crippen molar-refractivity contribution in [1.29, 1.82) is 0 Å². The van der Waals surface area contributed by atoms with Crippen molar-refractivity contribution < 1.29 is 34.4 Å². The highest BCUT2D eigenvalue weighted by molar-refractivity contribution is 6.31. The van der Waals surface area contributed by atoms with Crippen molar-refractivity contribution in [2.45, 2.75) is 6.92 Å². The number of ether oxygens (including phenoxy) is 2. The van der Waals surface area contributed by atoms with Crippen LogP contribution in [0.25, 0.3) is 0 Å². The van der Waals surface area contributed by atoms with Crippen molar-refractivity contribution in [3.8, 4) is 28.7 Å². The highest BCUT2D eigenvalue weighted by Crippen LogP contribution is 2.47. The molecule has 2 aromatic carbocycles. The molecule has 7 nitrogen and oxygen atoms in total. The van der Waals surface area contributed by atoms with Gasteiger partial charge in [0, 0.05) is 11.1 Å². The molecule has 0 amide bonds. The first kappa shape index (κ1) is 15.7. The quantitative estimate of drug-likeness (QED) is 0.657. The minimum Gasteiger partial charge on any atom is -0.504 e. The molecule has 0 atom stereocenters. The third-order valence-electron chi connectivity index (χ3n) is 4.03. The van der Waals surface area contributed by atoms with Crippen LogP contribution >= 0.6 is 0 Å². The van der Waals surface area contributed by atoms with E-state index in [4.69, 9.17) is 9.47 Å². The number of aryl methyl sites for hydroxylation is 1. The van der Waals surface area contributed by atoms with Crippen LogP contribution in [0.5, 0.6) is 28.7 Å². The topological polar surface area (TPSA) is 113 Å². The molecular formula is C17H14O7. The third-order valence-corrected chi connectivity index (χ3v) is 4.03. The summed E-state index contributed by atoms with van der Waals surface area (Å²) in [6, 6.07) is 2.44. The van der Waals surface area contributed by atoms with Crippen molar-refractivity contribution in [2.75, 3.05) is 14.2 Å². The zero-order valence-corrected chi connectivity index (χ0v) is 13.1. The number of benzene rings is 2. The van der Waals surface area contributed by atoms with Crippen LogP contribution in [0, 0.1) is 6.92 Å². The van der Waals surface area contributed by atoms with E-state index in [1.165, 1.54) is 20.3 Å². The Labute approximate surface area is 136 Å².